The van der Waals surface area contributed by atoms with Crippen LogP contribution in [0.4, 0.5) is 5.82 Å². The number of piperidine rings is 2. The molecule has 1 unspecified atom stereocenters. The molecule has 5 heterocycles. The van der Waals surface area contributed by atoms with Gasteiger partial charge < -0.3 is 15.2 Å². The quantitative estimate of drug-likeness (QED) is 0.125. The number of sulfonamides is 1. The van der Waals surface area contributed by atoms with Gasteiger partial charge in [0.1, 0.15) is 41.1 Å². The predicted octanol–water partition coefficient (Wildman–Crippen LogP) is 4.49. The maximum atomic E-state index is 13.6. The van der Waals surface area contributed by atoms with Crippen LogP contribution in [0.5, 0.6) is 17.2 Å². The molecule has 2 atom stereocenters. The smallest absolute Gasteiger partial charge is 0.266 e. The highest BCUT2D eigenvalue weighted by atomic mass is 32.2. The van der Waals surface area contributed by atoms with Gasteiger partial charge in [-0.05, 0) is 87.1 Å². The van der Waals surface area contributed by atoms with Crippen LogP contribution in [-0.4, -0.2) is 92.5 Å². The van der Waals surface area contributed by atoms with Gasteiger partial charge in [0.2, 0.25) is 21.8 Å². The van der Waals surface area contributed by atoms with Crippen molar-refractivity contribution < 1.29 is 37.1 Å². The van der Waals surface area contributed by atoms with Crippen LogP contribution in [0, 0.1) is 0 Å². The molecule has 294 valence electrons. The summed E-state index contributed by atoms with van der Waals surface area (Å²) in [5.41, 5.74) is 8.49. The van der Waals surface area contributed by atoms with Crippen molar-refractivity contribution in [3.05, 3.63) is 90.3 Å². The first-order valence-electron chi connectivity index (χ1n) is 18.9. The van der Waals surface area contributed by atoms with Gasteiger partial charge in [-0.25, -0.2) is 23.1 Å². The van der Waals surface area contributed by atoms with Crippen LogP contribution in [0.15, 0.2) is 79.1 Å². The van der Waals surface area contributed by atoms with Gasteiger partial charge in [0.15, 0.2) is 5.65 Å². The van der Waals surface area contributed by atoms with Crippen LogP contribution in [0.2, 0.25) is 0 Å². The molecule has 3 aromatic carbocycles. The second-order valence-electron chi connectivity index (χ2n) is 14.2. The van der Waals surface area contributed by atoms with E-state index in [-0.39, 0.29) is 60.5 Å². The van der Waals surface area contributed by atoms with E-state index >= 15 is 0 Å². The number of unbranched alkanes of at least 4 members (excludes halogenated alkanes) is 2. The van der Waals surface area contributed by atoms with Crippen LogP contribution in [0.25, 0.3) is 22.3 Å². The van der Waals surface area contributed by atoms with E-state index in [1.54, 1.807) is 16.8 Å². The number of nitrogens with two attached hydrogens (primary N) is 1. The Kier molecular flexibility index (Phi) is 10.4. The maximum Gasteiger partial charge on any atom is 0.266 e. The summed E-state index contributed by atoms with van der Waals surface area (Å²) in [7, 11) is -3.61. The Morgan fingerprint density at radius 2 is 1.65 bits per heavy atom. The molecule has 0 bridgehead atoms. The molecule has 2 fully saturated rings. The lowest BCUT2D eigenvalue weighted by molar-refractivity contribution is -0.136. The molecule has 0 saturated carbocycles. The number of nitrogen functional groups attached to an aromatic ring is 1. The van der Waals surface area contributed by atoms with Gasteiger partial charge in [-0.15, -0.1) is 0 Å². The van der Waals surface area contributed by atoms with E-state index in [1.807, 2.05) is 54.6 Å². The fraction of sp³-hybridized carbons (Fsp3) is 0.325. The topological polar surface area (TPSA) is 209 Å². The fourth-order valence-corrected chi connectivity index (χ4v) is 9.24. The summed E-state index contributed by atoms with van der Waals surface area (Å²) in [4.78, 5) is 60.1. The van der Waals surface area contributed by atoms with Crippen LogP contribution in [0.3, 0.4) is 0 Å². The van der Waals surface area contributed by atoms with Crippen molar-refractivity contribution in [2.45, 2.75) is 57.0 Å². The number of nitrogens with zero attached hydrogens (tertiary/aromatic N) is 6. The summed E-state index contributed by atoms with van der Waals surface area (Å²) in [5.74, 6) is -0.575. The van der Waals surface area contributed by atoms with Gasteiger partial charge in [0, 0.05) is 25.1 Å². The maximum absolute atomic E-state index is 13.6. The Labute approximate surface area is 328 Å². The Morgan fingerprint density at radius 1 is 0.860 bits per heavy atom. The Bertz CT molecular complexity index is 2470. The van der Waals surface area contributed by atoms with E-state index in [2.05, 4.69) is 15.3 Å². The number of hydrogen-bond donors (Lipinski definition) is 2. The van der Waals surface area contributed by atoms with Crippen molar-refractivity contribution in [1.82, 2.24) is 34.3 Å². The number of carbonyl (C=O) groups excluding carboxylic acids is 4. The van der Waals surface area contributed by atoms with Crippen LogP contribution >= 0.6 is 0 Å². The van der Waals surface area contributed by atoms with Crippen LogP contribution in [0.1, 0.15) is 71.7 Å². The third-order valence-electron chi connectivity index (χ3n) is 10.5. The van der Waals surface area contributed by atoms with E-state index in [9.17, 15) is 27.6 Å². The Hall–Kier alpha value is -6.20. The SMILES string of the molecule is Nc1ncnc2c1c(-c1ccc(Oc3ccccc3)cc1)nn2[C@H]1CCCN(S(=O)(=O)CCCCCOc2cccc3c2C(=O)N(C2CCC(=O)NC2=O)C3=O)C1. The van der Waals surface area contributed by atoms with Crippen molar-refractivity contribution in [3.63, 3.8) is 0 Å². The van der Waals surface area contributed by atoms with Crippen molar-refractivity contribution >= 4 is 50.5 Å². The lowest BCUT2D eigenvalue weighted by atomic mass is 10.0. The van der Waals surface area contributed by atoms with Crippen LogP contribution in [-0.2, 0) is 19.6 Å². The average Bonchev–Trinajstić information content (AvgIpc) is 3.73. The van der Waals surface area contributed by atoms with Crippen molar-refractivity contribution in [2.24, 2.45) is 0 Å². The first kappa shape index (κ1) is 37.7. The number of para-hydroxylation sites is 1. The van der Waals surface area contributed by atoms with Gasteiger partial charge in [0.05, 0.1) is 34.9 Å². The molecule has 0 radical (unpaired) electrons. The minimum atomic E-state index is -3.61. The summed E-state index contributed by atoms with van der Waals surface area (Å²) >= 11 is 0. The predicted molar refractivity (Wildman–Crippen MR) is 208 cm³/mol. The minimum Gasteiger partial charge on any atom is -0.493 e. The molecule has 0 aliphatic carbocycles. The number of ether oxygens (including phenoxy) is 2. The third kappa shape index (κ3) is 7.55. The Morgan fingerprint density at radius 3 is 2.44 bits per heavy atom. The molecular weight excluding hydrogens is 753 g/mol. The molecule has 2 saturated heterocycles. The molecule has 8 rings (SSSR count). The normalized spacial score (nSPS) is 18.8. The van der Waals surface area contributed by atoms with E-state index < -0.39 is 39.7 Å². The zero-order valence-corrected chi connectivity index (χ0v) is 31.7. The summed E-state index contributed by atoms with van der Waals surface area (Å²) in [6, 6.07) is 20.3. The molecule has 17 heteroatoms. The highest BCUT2D eigenvalue weighted by Crippen LogP contribution is 2.36. The Balaban J connectivity index is 0.874. The molecule has 0 spiro atoms. The van der Waals surface area contributed by atoms with Gasteiger partial charge in [0.25, 0.3) is 11.8 Å². The average molecular weight is 793 g/mol. The second-order valence-corrected chi connectivity index (χ2v) is 16.3. The largest absolute Gasteiger partial charge is 0.493 e. The van der Waals surface area contributed by atoms with Crippen molar-refractivity contribution in [3.8, 4) is 28.5 Å². The van der Waals surface area contributed by atoms with Gasteiger partial charge >= 0.3 is 0 Å². The molecular formula is C40H40N8O8S. The molecule has 3 aliphatic heterocycles. The highest BCUT2D eigenvalue weighted by Gasteiger charge is 2.46. The van der Waals surface area contributed by atoms with Crippen molar-refractivity contribution in [2.75, 3.05) is 31.2 Å². The number of benzene rings is 3. The summed E-state index contributed by atoms with van der Waals surface area (Å²) in [6.07, 6.45) is 4.25. The number of amides is 4. The lowest BCUT2D eigenvalue weighted by Gasteiger charge is -2.32. The molecule has 5 aromatic rings. The zero-order chi connectivity index (χ0) is 39.7. The molecule has 16 nitrogen and oxygen atoms in total. The summed E-state index contributed by atoms with van der Waals surface area (Å²) < 4.78 is 42.4. The first-order valence-corrected chi connectivity index (χ1v) is 20.5. The van der Waals surface area contributed by atoms with E-state index in [4.69, 9.17) is 20.3 Å². The number of aromatic nitrogens is 4. The third-order valence-corrected chi connectivity index (χ3v) is 12.4. The number of imide groups is 2. The standard InChI is InChI=1S/C40H40N8O8S/c41-36-34-35(25-14-16-28(17-15-25)56-27-10-3-1-4-11-27)45-48(37(34)43-24-42-36)26-9-8-20-46(23-26)57(53,54)22-6-2-5-21-55-31-13-7-12-29-33(31)40(52)47(39(29)51)30-18-19-32(49)44-38(30)50/h1,3-4,7,10-17,24,26,30H,2,5-6,8-9,18-23H2,(H2,41,42,43)(H,44,49,50)/t26-,30?/m0/s1. The van der Waals surface area contributed by atoms with Gasteiger partial charge in [-0.3, -0.25) is 29.4 Å². The van der Waals surface area contributed by atoms with Crippen LogP contribution < -0.4 is 20.5 Å². The summed E-state index contributed by atoms with van der Waals surface area (Å²) in [6.45, 7) is 0.817. The van der Waals surface area contributed by atoms with Crippen molar-refractivity contribution in [1.29, 1.82) is 0 Å². The number of nitrogens with one attached hydrogen (secondary N) is 1. The van der Waals surface area contributed by atoms with E-state index in [1.165, 1.54) is 16.7 Å². The lowest BCUT2D eigenvalue weighted by Crippen LogP contribution is -2.54. The van der Waals surface area contributed by atoms with Gasteiger partial charge in [-0.1, -0.05) is 24.3 Å². The number of carbonyl (C=O) groups is 4. The van der Waals surface area contributed by atoms with E-state index in [0.717, 1.165) is 16.2 Å². The van der Waals surface area contributed by atoms with Gasteiger partial charge in [-0.2, -0.15) is 9.40 Å². The minimum absolute atomic E-state index is 0.0249. The zero-order valence-electron chi connectivity index (χ0n) is 30.9. The molecule has 4 amide bonds. The summed E-state index contributed by atoms with van der Waals surface area (Å²) in [5, 5.41) is 7.73. The molecule has 3 aliphatic rings. The number of hydrogen-bond acceptors (Lipinski definition) is 12. The number of fused-ring (bicyclic) bond motifs is 2. The molecule has 3 N–H and O–H groups in total. The van der Waals surface area contributed by atoms with E-state index in [0.29, 0.717) is 61.1 Å². The molecule has 2 aromatic heterocycles. The molecule has 57 heavy (non-hydrogen) atoms. The second kappa shape index (κ2) is 15.7. The fourth-order valence-electron chi connectivity index (χ4n) is 7.61. The monoisotopic (exact) mass is 792 g/mol. The highest BCUT2D eigenvalue weighted by molar-refractivity contribution is 7.89. The number of rotatable bonds is 13. The first-order chi connectivity index (χ1) is 27.6. The number of anilines is 1.